The number of amides is 2. The number of unbranched alkanes of at least 4 members (excludes halogenated alkanes) is 2. The van der Waals surface area contributed by atoms with Crippen molar-refractivity contribution < 1.29 is 14.3 Å². The molecule has 3 rings (SSSR count). The third-order valence-electron chi connectivity index (χ3n) is 5.02. The van der Waals surface area contributed by atoms with Gasteiger partial charge in [0.25, 0.3) is 17.4 Å². The molecule has 0 saturated carbocycles. The van der Waals surface area contributed by atoms with Crippen molar-refractivity contribution in [1.82, 2.24) is 20.6 Å². The number of aromatic nitrogens is 2. The van der Waals surface area contributed by atoms with E-state index in [4.69, 9.17) is 4.74 Å². The van der Waals surface area contributed by atoms with Gasteiger partial charge in [-0.05, 0) is 37.1 Å². The molecular formula is C23H26N4O4. The van der Waals surface area contributed by atoms with Gasteiger partial charge in [0, 0.05) is 17.5 Å². The topological polar surface area (TPSA) is 102 Å². The number of rotatable bonds is 7. The number of benzene rings is 2. The van der Waals surface area contributed by atoms with Crippen LogP contribution in [-0.4, -0.2) is 28.7 Å². The second-order valence-electron chi connectivity index (χ2n) is 7.22. The lowest BCUT2D eigenvalue weighted by atomic mass is 10.1. The van der Waals surface area contributed by atoms with E-state index >= 15 is 0 Å². The summed E-state index contributed by atoms with van der Waals surface area (Å²) in [6.45, 7) is 4.36. The van der Waals surface area contributed by atoms with Gasteiger partial charge in [-0.1, -0.05) is 44.0 Å². The van der Waals surface area contributed by atoms with E-state index in [1.54, 1.807) is 42.5 Å². The fourth-order valence-electron chi connectivity index (χ4n) is 3.27. The van der Waals surface area contributed by atoms with E-state index in [1.165, 1.54) is 11.8 Å². The van der Waals surface area contributed by atoms with Crippen LogP contribution in [-0.2, 0) is 6.54 Å². The first-order valence-electron chi connectivity index (χ1n) is 10.2. The summed E-state index contributed by atoms with van der Waals surface area (Å²) in [4.78, 5) is 38.0. The summed E-state index contributed by atoms with van der Waals surface area (Å²) in [5.74, 6) is -0.522. The molecule has 0 bridgehead atoms. The Balaban J connectivity index is 1.84. The second kappa shape index (κ2) is 9.88. The SMILES string of the molecule is CCCCCn1nc(C(=O)NNC(=O)c2ccc(C)c(OC)c2)c2ccccc2c1=O. The van der Waals surface area contributed by atoms with Gasteiger partial charge in [-0.25, -0.2) is 4.68 Å². The van der Waals surface area contributed by atoms with Crippen molar-refractivity contribution in [3.63, 3.8) is 0 Å². The van der Waals surface area contributed by atoms with Crippen LogP contribution in [0, 0.1) is 6.92 Å². The number of aryl methyl sites for hydroxylation is 2. The smallest absolute Gasteiger partial charge is 0.290 e. The highest BCUT2D eigenvalue weighted by Crippen LogP contribution is 2.19. The predicted octanol–water partition coefficient (Wildman–Crippen LogP) is 2.98. The van der Waals surface area contributed by atoms with Gasteiger partial charge in [0.1, 0.15) is 5.75 Å². The normalized spacial score (nSPS) is 10.7. The maximum absolute atomic E-state index is 12.8. The number of fused-ring (bicyclic) bond motifs is 1. The fraction of sp³-hybridized carbons (Fsp3) is 0.304. The van der Waals surface area contributed by atoms with Gasteiger partial charge in [0.15, 0.2) is 5.69 Å². The molecule has 0 unspecified atom stereocenters. The van der Waals surface area contributed by atoms with Crippen LogP contribution in [0.2, 0.25) is 0 Å². The molecule has 0 fully saturated rings. The number of methoxy groups -OCH3 is 1. The van der Waals surface area contributed by atoms with E-state index in [2.05, 4.69) is 22.9 Å². The summed E-state index contributed by atoms with van der Waals surface area (Å²) >= 11 is 0. The highest BCUT2D eigenvalue weighted by molar-refractivity contribution is 6.06. The Bertz CT molecular complexity index is 1170. The molecule has 0 spiro atoms. The summed E-state index contributed by atoms with van der Waals surface area (Å²) in [7, 11) is 1.53. The molecule has 162 valence electrons. The van der Waals surface area contributed by atoms with Crippen LogP contribution in [0.5, 0.6) is 5.75 Å². The largest absolute Gasteiger partial charge is 0.496 e. The van der Waals surface area contributed by atoms with Gasteiger partial charge in [-0.3, -0.25) is 25.2 Å². The lowest BCUT2D eigenvalue weighted by Crippen LogP contribution is -2.42. The molecule has 8 heteroatoms. The van der Waals surface area contributed by atoms with E-state index in [0.29, 0.717) is 28.6 Å². The maximum Gasteiger partial charge on any atom is 0.290 e. The van der Waals surface area contributed by atoms with Crippen LogP contribution < -0.4 is 21.1 Å². The Morgan fingerprint density at radius 1 is 1.03 bits per heavy atom. The molecule has 0 aliphatic rings. The Labute approximate surface area is 180 Å². The summed E-state index contributed by atoms with van der Waals surface area (Å²) < 4.78 is 6.55. The number of ether oxygens (including phenoxy) is 1. The molecule has 0 atom stereocenters. The van der Waals surface area contributed by atoms with Crippen LogP contribution in [0.1, 0.15) is 52.6 Å². The van der Waals surface area contributed by atoms with Gasteiger partial charge in [-0.15, -0.1) is 0 Å². The van der Waals surface area contributed by atoms with Crippen molar-refractivity contribution in [3.8, 4) is 5.75 Å². The van der Waals surface area contributed by atoms with E-state index in [0.717, 1.165) is 24.8 Å². The highest BCUT2D eigenvalue weighted by atomic mass is 16.5. The van der Waals surface area contributed by atoms with Gasteiger partial charge >= 0.3 is 0 Å². The van der Waals surface area contributed by atoms with Crippen LogP contribution >= 0.6 is 0 Å². The Morgan fingerprint density at radius 3 is 2.45 bits per heavy atom. The first-order valence-corrected chi connectivity index (χ1v) is 10.2. The second-order valence-corrected chi connectivity index (χ2v) is 7.22. The fourth-order valence-corrected chi connectivity index (χ4v) is 3.27. The lowest BCUT2D eigenvalue weighted by Gasteiger charge is -2.12. The molecule has 3 aromatic rings. The van der Waals surface area contributed by atoms with E-state index in [-0.39, 0.29) is 11.3 Å². The monoisotopic (exact) mass is 422 g/mol. The number of hydrogen-bond donors (Lipinski definition) is 2. The number of hydrazine groups is 1. The first-order chi connectivity index (χ1) is 15.0. The molecule has 2 N–H and O–H groups in total. The minimum absolute atomic E-state index is 0.0773. The van der Waals surface area contributed by atoms with Gasteiger partial charge < -0.3 is 4.74 Å². The molecule has 0 radical (unpaired) electrons. The minimum atomic E-state index is -0.604. The van der Waals surface area contributed by atoms with Crippen LogP contribution in [0.3, 0.4) is 0 Å². The van der Waals surface area contributed by atoms with E-state index < -0.39 is 11.8 Å². The maximum atomic E-state index is 12.8. The molecule has 1 heterocycles. The van der Waals surface area contributed by atoms with Crippen LogP contribution in [0.15, 0.2) is 47.3 Å². The van der Waals surface area contributed by atoms with E-state index in [1.807, 2.05) is 6.92 Å². The van der Waals surface area contributed by atoms with E-state index in [9.17, 15) is 14.4 Å². The van der Waals surface area contributed by atoms with Crippen molar-refractivity contribution in [2.45, 2.75) is 39.7 Å². The van der Waals surface area contributed by atoms with Crippen molar-refractivity contribution in [1.29, 1.82) is 0 Å². The van der Waals surface area contributed by atoms with Crippen LogP contribution in [0.25, 0.3) is 10.8 Å². The highest BCUT2D eigenvalue weighted by Gasteiger charge is 2.18. The molecule has 1 aromatic heterocycles. The van der Waals surface area contributed by atoms with Crippen molar-refractivity contribution >= 4 is 22.6 Å². The van der Waals surface area contributed by atoms with Gasteiger partial charge in [0.05, 0.1) is 12.5 Å². The van der Waals surface area contributed by atoms with Crippen molar-refractivity contribution in [2.24, 2.45) is 0 Å². The number of nitrogens with zero attached hydrogens (tertiary/aromatic N) is 2. The Morgan fingerprint density at radius 2 is 1.74 bits per heavy atom. The van der Waals surface area contributed by atoms with Crippen LogP contribution in [0.4, 0.5) is 0 Å². The predicted molar refractivity (Wildman–Crippen MR) is 118 cm³/mol. The molecule has 0 saturated heterocycles. The van der Waals surface area contributed by atoms with Crippen molar-refractivity contribution in [3.05, 3.63) is 69.6 Å². The third kappa shape index (κ3) is 4.91. The molecule has 2 aromatic carbocycles. The zero-order valence-electron chi connectivity index (χ0n) is 17.9. The molecule has 0 aliphatic heterocycles. The van der Waals surface area contributed by atoms with Gasteiger partial charge in [0.2, 0.25) is 0 Å². The third-order valence-corrected chi connectivity index (χ3v) is 5.02. The number of nitrogens with one attached hydrogen (secondary N) is 2. The Kier molecular flexibility index (Phi) is 7.02. The zero-order valence-corrected chi connectivity index (χ0v) is 17.9. The summed E-state index contributed by atoms with van der Waals surface area (Å²) in [5.41, 5.74) is 5.87. The molecule has 31 heavy (non-hydrogen) atoms. The summed E-state index contributed by atoms with van der Waals surface area (Å²) in [6.07, 6.45) is 2.75. The molecule has 0 aliphatic carbocycles. The standard InChI is InChI=1S/C23H26N4O4/c1-4-5-8-13-27-23(30)18-10-7-6-9-17(18)20(26-27)22(29)25-24-21(28)16-12-11-15(2)19(14-16)31-3/h6-7,9-12,14H,4-5,8,13H2,1-3H3,(H,24,28)(H,25,29). The van der Waals surface area contributed by atoms with Gasteiger partial charge in [-0.2, -0.15) is 5.10 Å². The zero-order chi connectivity index (χ0) is 22.4. The molecule has 8 nitrogen and oxygen atoms in total. The first kappa shape index (κ1) is 22.0. The number of hydrogen-bond acceptors (Lipinski definition) is 5. The number of carbonyl (C=O) groups excluding carboxylic acids is 2. The minimum Gasteiger partial charge on any atom is -0.496 e. The lowest BCUT2D eigenvalue weighted by molar-refractivity contribution is 0.0843. The van der Waals surface area contributed by atoms with Crippen molar-refractivity contribution in [2.75, 3.05) is 7.11 Å². The quantitative estimate of drug-likeness (QED) is 0.450. The summed E-state index contributed by atoms with van der Waals surface area (Å²) in [6, 6.07) is 11.8. The average molecular weight is 422 g/mol. The molecule has 2 amide bonds. The number of carbonyl (C=O) groups is 2. The average Bonchev–Trinajstić information content (AvgIpc) is 2.79. The molecular weight excluding hydrogens is 396 g/mol. The Hall–Kier alpha value is -3.68. The summed E-state index contributed by atoms with van der Waals surface area (Å²) in [5, 5.41) is 5.13.